The van der Waals surface area contributed by atoms with Crippen LogP contribution in [0, 0.1) is 12.1 Å². The van der Waals surface area contributed by atoms with E-state index in [1.807, 2.05) is 36.5 Å². The number of imidazole rings is 1. The maximum Gasteiger partial charge on any atom is 0.121 e. The zero-order chi connectivity index (χ0) is 52.1. The first-order valence-electron chi connectivity index (χ1n) is 26.8. The first-order chi connectivity index (χ1) is 36.0. The molecule has 0 amide bonds. The second-order valence-corrected chi connectivity index (χ2v) is 23.9. The van der Waals surface area contributed by atoms with Gasteiger partial charge in [0, 0.05) is 37.4 Å². The summed E-state index contributed by atoms with van der Waals surface area (Å²) in [5.41, 5.74) is 17.5. The SMILES string of the molecule is CC(C)(C)c1ccc(-c2[c-]cccc2)nc1.CC(C)c1cc(-c2ccc3c4c(cccc24)C(C)(C)CC3(C)C)cc(C(C)C)c1-n1c(-c2[c-]ccc3c2oc2cc4c(ccc5ccccc54)cc23)nc2ccccc21.[Ir]. The van der Waals surface area contributed by atoms with Crippen LogP contribution in [0.5, 0.6) is 0 Å². The topological polar surface area (TPSA) is 43.9 Å². The van der Waals surface area contributed by atoms with E-state index < -0.39 is 0 Å². The molecule has 0 bridgehead atoms. The predicted octanol–water partition coefficient (Wildman–Crippen LogP) is 19.6. The van der Waals surface area contributed by atoms with Crippen molar-refractivity contribution in [1.82, 2.24) is 14.5 Å². The number of hydrogen-bond acceptors (Lipinski definition) is 3. The summed E-state index contributed by atoms with van der Waals surface area (Å²) in [5, 5.41) is 9.80. The van der Waals surface area contributed by atoms with Crippen LogP contribution in [-0.4, -0.2) is 14.5 Å². The molecule has 1 radical (unpaired) electrons. The van der Waals surface area contributed by atoms with E-state index in [9.17, 15) is 0 Å². The van der Waals surface area contributed by atoms with E-state index in [1.54, 1.807) is 0 Å². The van der Waals surface area contributed by atoms with Crippen molar-refractivity contribution in [3.8, 4) is 39.5 Å². The van der Waals surface area contributed by atoms with E-state index in [4.69, 9.17) is 9.40 Å². The molecular weight excluding hydrogens is 1100 g/mol. The molecule has 4 nitrogen and oxygen atoms in total. The Morgan fingerprint density at radius 2 is 1.30 bits per heavy atom. The van der Waals surface area contributed by atoms with Crippen LogP contribution < -0.4 is 0 Å². The number of hydrogen-bond donors (Lipinski definition) is 0. The largest absolute Gasteiger partial charge is 0.501 e. The average Bonchev–Trinajstić information content (AvgIpc) is 4.07. The second kappa shape index (κ2) is 19.1. The van der Waals surface area contributed by atoms with E-state index in [0.717, 1.165) is 62.0 Å². The number of para-hydroxylation sites is 2. The van der Waals surface area contributed by atoms with Crippen LogP contribution in [0.15, 0.2) is 174 Å². The quantitative estimate of drug-likeness (QED) is 0.123. The first kappa shape index (κ1) is 51.0. The van der Waals surface area contributed by atoms with Crippen LogP contribution in [0.1, 0.15) is 122 Å². The fourth-order valence-electron chi connectivity index (χ4n) is 12.4. The molecule has 5 heteroatoms. The molecule has 12 aromatic rings. The van der Waals surface area contributed by atoms with Gasteiger partial charge >= 0.3 is 0 Å². The van der Waals surface area contributed by atoms with Crippen LogP contribution in [0.4, 0.5) is 0 Å². The van der Waals surface area contributed by atoms with Crippen molar-refractivity contribution in [1.29, 1.82) is 0 Å². The summed E-state index contributed by atoms with van der Waals surface area (Å²) in [7, 11) is 0. The maximum absolute atomic E-state index is 6.93. The van der Waals surface area contributed by atoms with Crippen molar-refractivity contribution in [2.45, 2.75) is 111 Å². The molecule has 13 rings (SSSR count). The van der Waals surface area contributed by atoms with Crippen LogP contribution in [0.2, 0.25) is 0 Å². The summed E-state index contributed by atoms with van der Waals surface area (Å²) in [5.74, 6) is 1.32. The van der Waals surface area contributed by atoms with Crippen LogP contribution in [0.3, 0.4) is 0 Å². The predicted molar refractivity (Wildman–Crippen MR) is 317 cm³/mol. The number of fused-ring (bicyclic) bond motifs is 7. The van der Waals surface area contributed by atoms with Crippen LogP contribution in [-0.2, 0) is 36.4 Å². The summed E-state index contributed by atoms with van der Waals surface area (Å²) >= 11 is 0. The van der Waals surface area contributed by atoms with Gasteiger partial charge in [-0.25, -0.2) is 0 Å². The van der Waals surface area contributed by atoms with Crippen LogP contribution in [0.25, 0.3) is 105 Å². The average molecular weight is 1170 g/mol. The fraction of sp³-hybridized carbons (Fsp3) is 0.239. The normalized spacial score (nSPS) is 14.0. The summed E-state index contributed by atoms with van der Waals surface area (Å²) in [6.45, 7) is 25.6. The third-order valence-corrected chi connectivity index (χ3v) is 16.0. The molecule has 0 N–H and O–H groups in total. The van der Waals surface area contributed by atoms with Crippen molar-refractivity contribution in [2.24, 2.45) is 0 Å². The summed E-state index contributed by atoms with van der Waals surface area (Å²) in [6, 6.07) is 65.9. The molecule has 1 aliphatic carbocycles. The van der Waals surface area contributed by atoms with Gasteiger partial charge in [0.1, 0.15) is 5.58 Å². The van der Waals surface area contributed by atoms with Gasteiger partial charge in [0.25, 0.3) is 0 Å². The Bertz CT molecular complexity index is 4140. The van der Waals surface area contributed by atoms with Gasteiger partial charge in [-0.3, -0.25) is 4.98 Å². The zero-order valence-corrected chi connectivity index (χ0v) is 48.0. The molecule has 0 saturated heterocycles. The van der Waals surface area contributed by atoms with Crippen molar-refractivity contribution in [3.05, 3.63) is 210 Å². The number of nitrogens with zero attached hydrogens (tertiary/aromatic N) is 3. The Morgan fingerprint density at radius 1 is 0.605 bits per heavy atom. The van der Waals surface area contributed by atoms with E-state index in [2.05, 4.69) is 231 Å². The Balaban J connectivity index is 0.000000311. The molecule has 0 saturated carbocycles. The van der Waals surface area contributed by atoms with Gasteiger partial charge in [-0.1, -0.05) is 178 Å². The van der Waals surface area contributed by atoms with E-state index in [1.165, 1.54) is 76.9 Å². The molecule has 1 aliphatic rings. The fourth-order valence-corrected chi connectivity index (χ4v) is 12.4. The molecule has 0 spiro atoms. The number of furan rings is 1. The Kier molecular flexibility index (Phi) is 12.8. The minimum atomic E-state index is 0. The van der Waals surface area contributed by atoms with E-state index in [-0.39, 0.29) is 48.2 Å². The summed E-state index contributed by atoms with van der Waals surface area (Å²) in [4.78, 5) is 9.92. The molecule has 3 aromatic heterocycles. The molecule has 0 atom stereocenters. The molecule has 381 valence electrons. The van der Waals surface area contributed by atoms with Crippen molar-refractivity contribution >= 4 is 65.3 Å². The smallest absolute Gasteiger partial charge is 0.121 e. The molecule has 0 unspecified atom stereocenters. The van der Waals surface area contributed by atoms with Gasteiger partial charge in [-0.15, -0.1) is 54.1 Å². The second-order valence-electron chi connectivity index (χ2n) is 23.9. The standard InChI is InChI=1S/C56H49N2O.C15H16N.Ir/c1-32(2)42-28-36(38-25-26-47-51-39(38)17-14-20-46(51)55(5,6)31-56(47,7)8)29-43(33(3)4)52(42)58-49-22-12-11-21-48(49)57-54(58)41-19-13-18-40-45-27-35-24-23-34-15-9-10-16-37(34)44(35)30-50(45)59-53(40)41;1-15(2,3)13-9-10-14(16-11-13)12-7-5-4-6-8-12;/h9-18,20-30,32-33H,31H2,1-8H3;4-7,9-11H,1-3H3;/q2*-1;. The molecule has 76 heavy (non-hydrogen) atoms. The van der Waals surface area contributed by atoms with Gasteiger partial charge < -0.3 is 14.0 Å². The summed E-state index contributed by atoms with van der Waals surface area (Å²) in [6.07, 6.45) is 3.08. The molecule has 9 aromatic carbocycles. The number of aromatic nitrogens is 3. The minimum absolute atomic E-state index is 0. The third kappa shape index (κ3) is 8.66. The van der Waals surface area contributed by atoms with Gasteiger partial charge in [0.05, 0.1) is 22.4 Å². The van der Waals surface area contributed by atoms with Gasteiger partial charge in [-0.05, 0) is 148 Å². The van der Waals surface area contributed by atoms with E-state index in [0.29, 0.717) is 0 Å². The monoisotopic (exact) mass is 1170 g/mol. The Labute approximate surface area is 461 Å². The maximum atomic E-state index is 6.93. The zero-order valence-electron chi connectivity index (χ0n) is 45.6. The summed E-state index contributed by atoms with van der Waals surface area (Å²) < 4.78 is 9.34. The Hall–Kier alpha value is -7.17. The van der Waals surface area contributed by atoms with Crippen LogP contribution >= 0.6 is 0 Å². The number of rotatable bonds is 6. The minimum Gasteiger partial charge on any atom is -0.501 e. The Morgan fingerprint density at radius 3 is 2.01 bits per heavy atom. The van der Waals surface area contributed by atoms with Crippen molar-refractivity contribution in [2.75, 3.05) is 0 Å². The van der Waals surface area contributed by atoms with Gasteiger partial charge in [0.2, 0.25) is 0 Å². The molecular formula is C71H65IrN3O-2. The van der Waals surface area contributed by atoms with E-state index >= 15 is 0 Å². The van der Waals surface area contributed by atoms with Gasteiger partial charge in [-0.2, -0.15) is 0 Å². The van der Waals surface area contributed by atoms with Crippen molar-refractivity contribution < 1.29 is 24.5 Å². The number of benzene rings is 9. The van der Waals surface area contributed by atoms with Crippen molar-refractivity contribution in [3.63, 3.8) is 0 Å². The first-order valence-corrected chi connectivity index (χ1v) is 26.8. The molecule has 3 heterocycles. The van der Waals surface area contributed by atoms with Gasteiger partial charge in [0.15, 0.2) is 0 Å². The molecule has 0 fully saturated rings. The molecule has 0 aliphatic heterocycles. The third-order valence-electron chi connectivity index (χ3n) is 16.0. The number of pyridine rings is 1.